The van der Waals surface area contributed by atoms with Crippen molar-refractivity contribution >= 4 is 12.0 Å². The molecule has 3 nitrogen and oxygen atoms in total. The molecule has 104 valence electrons. The zero-order valence-corrected chi connectivity index (χ0v) is 11.9. The highest BCUT2D eigenvalue weighted by Gasteiger charge is 2.03. The number of hydrogen-bond acceptors (Lipinski definition) is 2. The average Bonchev–Trinajstić information content (AvgIpc) is 2.37. The zero-order valence-electron chi connectivity index (χ0n) is 11.9. The summed E-state index contributed by atoms with van der Waals surface area (Å²) in [6.07, 6.45) is 3.89. The van der Waals surface area contributed by atoms with Gasteiger partial charge in [0.2, 0.25) is 5.91 Å². The number of carbonyl (C=O) groups excluding carboxylic acids is 1. The third kappa shape index (κ3) is 5.71. The maximum atomic E-state index is 11.6. The molecule has 2 N–H and O–H groups in total. The van der Waals surface area contributed by atoms with Crippen molar-refractivity contribution in [2.24, 2.45) is 0 Å². The fourth-order valence-corrected chi connectivity index (χ4v) is 1.72. The first-order chi connectivity index (χ1) is 9.02. The molecule has 0 aliphatic carbocycles. The molecular weight excluding hydrogens is 238 g/mol. The number of amides is 1. The van der Waals surface area contributed by atoms with Crippen LogP contribution >= 0.6 is 0 Å². The van der Waals surface area contributed by atoms with Crippen LogP contribution in [-0.2, 0) is 4.79 Å². The Bertz CT molecular complexity index is 421. The molecule has 1 amide bonds. The second kappa shape index (κ2) is 7.74. The lowest BCUT2D eigenvalue weighted by molar-refractivity contribution is -0.117. The second-order valence-electron chi connectivity index (χ2n) is 5.08. The van der Waals surface area contributed by atoms with Crippen molar-refractivity contribution in [1.29, 1.82) is 0 Å². The zero-order chi connectivity index (χ0) is 14.3. The van der Waals surface area contributed by atoms with E-state index in [9.17, 15) is 4.79 Å². The molecule has 0 aliphatic heterocycles. The Labute approximate surface area is 115 Å². The molecule has 19 heavy (non-hydrogen) atoms. The molecule has 1 rings (SSSR count). The molecular formula is C16H23NO2. The largest absolute Gasteiger partial charge is 0.396 e. The molecule has 0 radical (unpaired) electrons. The van der Waals surface area contributed by atoms with Crippen molar-refractivity contribution in [3.8, 4) is 0 Å². The van der Waals surface area contributed by atoms with Gasteiger partial charge in [-0.25, -0.2) is 0 Å². The van der Waals surface area contributed by atoms with Gasteiger partial charge in [-0.2, -0.15) is 0 Å². The molecule has 0 fully saturated rings. The van der Waals surface area contributed by atoms with Crippen LogP contribution in [0.3, 0.4) is 0 Å². The molecule has 0 bridgehead atoms. The topological polar surface area (TPSA) is 49.3 Å². The number of rotatable bonds is 6. The van der Waals surface area contributed by atoms with E-state index in [1.54, 1.807) is 6.08 Å². The minimum absolute atomic E-state index is 0.00883. The molecule has 1 unspecified atom stereocenters. The van der Waals surface area contributed by atoms with Gasteiger partial charge in [-0.3, -0.25) is 4.79 Å². The molecule has 3 heteroatoms. The summed E-state index contributed by atoms with van der Waals surface area (Å²) in [4.78, 5) is 11.6. The molecule has 0 aromatic heterocycles. The lowest BCUT2D eigenvalue weighted by atomic mass is 10.0. The predicted octanol–water partition coefficient (Wildman–Crippen LogP) is 2.71. The Kier molecular flexibility index (Phi) is 6.30. The molecule has 0 saturated carbocycles. The number of aliphatic hydroxyl groups is 1. The lowest BCUT2D eigenvalue weighted by Gasteiger charge is -2.10. The Balaban J connectivity index is 2.54. The van der Waals surface area contributed by atoms with Crippen LogP contribution in [0, 0.1) is 0 Å². The quantitative estimate of drug-likeness (QED) is 0.774. The van der Waals surface area contributed by atoms with Gasteiger partial charge in [0.1, 0.15) is 0 Å². The van der Waals surface area contributed by atoms with Gasteiger partial charge < -0.3 is 10.4 Å². The standard InChI is InChI=1S/C16H23NO2/c1-12(2)15-7-4-14(5-8-15)6-9-16(19)17-13(3)10-11-18/h4-9,12-13,18H,10-11H2,1-3H3,(H,17,19)/b9-6+. The summed E-state index contributed by atoms with van der Waals surface area (Å²) in [6, 6.07) is 8.17. The van der Waals surface area contributed by atoms with Crippen LogP contribution in [0.1, 0.15) is 44.2 Å². The highest BCUT2D eigenvalue weighted by atomic mass is 16.3. The predicted molar refractivity (Wildman–Crippen MR) is 78.9 cm³/mol. The van der Waals surface area contributed by atoms with Gasteiger partial charge in [0.05, 0.1) is 0 Å². The van der Waals surface area contributed by atoms with E-state index in [1.807, 2.05) is 19.1 Å². The Morgan fingerprint density at radius 1 is 1.26 bits per heavy atom. The third-order valence-corrected chi connectivity index (χ3v) is 2.98. The first-order valence-corrected chi connectivity index (χ1v) is 6.72. The van der Waals surface area contributed by atoms with Crippen LogP contribution in [0.25, 0.3) is 6.08 Å². The maximum Gasteiger partial charge on any atom is 0.244 e. The van der Waals surface area contributed by atoms with Gasteiger partial charge in [0.25, 0.3) is 0 Å². The Morgan fingerprint density at radius 3 is 2.42 bits per heavy atom. The van der Waals surface area contributed by atoms with Gasteiger partial charge >= 0.3 is 0 Å². The first-order valence-electron chi connectivity index (χ1n) is 6.72. The monoisotopic (exact) mass is 261 g/mol. The summed E-state index contributed by atoms with van der Waals surface area (Å²) in [5, 5.41) is 11.6. The van der Waals surface area contributed by atoms with Crippen LogP contribution < -0.4 is 5.32 Å². The number of aliphatic hydroxyl groups excluding tert-OH is 1. The normalized spacial score (nSPS) is 12.9. The van der Waals surface area contributed by atoms with Crippen LogP contribution in [0.15, 0.2) is 30.3 Å². The molecule has 1 aromatic rings. The summed E-state index contributed by atoms with van der Waals surface area (Å²) in [7, 11) is 0. The lowest BCUT2D eigenvalue weighted by Crippen LogP contribution is -2.31. The number of benzene rings is 1. The number of hydrogen-bond donors (Lipinski definition) is 2. The van der Waals surface area contributed by atoms with Crippen LogP contribution in [0.4, 0.5) is 0 Å². The summed E-state index contributed by atoms with van der Waals surface area (Å²) in [5.41, 5.74) is 2.30. The summed E-state index contributed by atoms with van der Waals surface area (Å²) in [6.45, 7) is 6.27. The van der Waals surface area contributed by atoms with Crippen molar-refractivity contribution in [3.63, 3.8) is 0 Å². The van der Waals surface area contributed by atoms with Crippen LogP contribution in [0.2, 0.25) is 0 Å². The minimum Gasteiger partial charge on any atom is -0.396 e. The van der Waals surface area contributed by atoms with E-state index in [2.05, 4.69) is 31.3 Å². The highest BCUT2D eigenvalue weighted by Crippen LogP contribution is 2.15. The summed E-state index contributed by atoms with van der Waals surface area (Å²) >= 11 is 0. The summed E-state index contributed by atoms with van der Waals surface area (Å²) < 4.78 is 0. The van der Waals surface area contributed by atoms with E-state index in [0.717, 1.165) is 5.56 Å². The third-order valence-electron chi connectivity index (χ3n) is 2.98. The molecule has 0 aliphatic rings. The Hall–Kier alpha value is -1.61. The molecule has 0 saturated heterocycles. The van der Waals surface area contributed by atoms with Crippen LogP contribution in [-0.4, -0.2) is 23.7 Å². The Morgan fingerprint density at radius 2 is 1.89 bits per heavy atom. The smallest absolute Gasteiger partial charge is 0.244 e. The highest BCUT2D eigenvalue weighted by molar-refractivity contribution is 5.91. The first kappa shape index (κ1) is 15.4. The van der Waals surface area contributed by atoms with E-state index in [4.69, 9.17) is 5.11 Å². The second-order valence-corrected chi connectivity index (χ2v) is 5.08. The van der Waals surface area contributed by atoms with Gasteiger partial charge in [0, 0.05) is 18.7 Å². The van der Waals surface area contributed by atoms with Crippen LogP contribution in [0.5, 0.6) is 0 Å². The van der Waals surface area contributed by atoms with Gasteiger partial charge in [0.15, 0.2) is 0 Å². The van der Waals surface area contributed by atoms with Gasteiger partial charge in [-0.15, -0.1) is 0 Å². The van der Waals surface area contributed by atoms with E-state index in [1.165, 1.54) is 11.6 Å². The van der Waals surface area contributed by atoms with Gasteiger partial charge in [-0.05, 0) is 36.5 Å². The summed E-state index contributed by atoms with van der Waals surface area (Å²) in [5.74, 6) is 0.384. The number of nitrogens with one attached hydrogen (secondary N) is 1. The minimum atomic E-state index is -0.131. The molecule has 0 heterocycles. The van der Waals surface area contributed by atoms with Crippen molar-refractivity contribution < 1.29 is 9.90 Å². The molecule has 1 atom stereocenters. The van der Waals surface area contributed by atoms with Gasteiger partial charge in [-0.1, -0.05) is 38.1 Å². The van der Waals surface area contributed by atoms with Crippen molar-refractivity contribution in [3.05, 3.63) is 41.5 Å². The maximum absolute atomic E-state index is 11.6. The van der Waals surface area contributed by atoms with E-state index in [-0.39, 0.29) is 18.6 Å². The van der Waals surface area contributed by atoms with Crippen molar-refractivity contribution in [2.45, 2.75) is 39.2 Å². The fourth-order valence-electron chi connectivity index (χ4n) is 1.72. The van der Waals surface area contributed by atoms with E-state index < -0.39 is 0 Å². The van der Waals surface area contributed by atoms with E-state index >= 15 is 0 Å². The molecule has 1 aromatic carbocycles. The number of carbonyl (C=O) groups is 1. The fraction of sp³-hybridized carbons (Fsp3) is 0.438. The van der Waals surface area contributed by atoms with Crippen molar-refractivity contribution in [1.82, 2.24) is 5.32 Å². The van der Waals surface area contributed by atoms with Crippen molar-refractivity contribution in [2.75, 3.05) is 6.61 Å². The SMILES string of the molecule is CC(CCO)NC(=O)/C=C/c1ccc(C(C)C)cc1. The average molecular weight is 261 g/mol. The van der Waals surface area contributed by atoms with E-state index in [0.29, 0.717) is 12.3 Å². The molecule has 0 spiro atoms.